The van der Waals surface area contributed by atoms with Gasteiger partial charge in [0.2, 0.25) is 5.91 Å². The molecule has 3 aliphatic heterocycles. The van der Waals surface area contributed by atoms with Crippen molar-refractivity contribution in [2.75, 3.05) is 10.2 Å². The molecule has 0 aromatic heterocycles. The smallest absolute Gasteiger partial charge is 0.238 e. The first-order valence-electron chi connectivity index (χ1n) is 13.4. The van der Waals surface area contributed by atoms with Crippen LogP contribution in [0.2, 0.25) is 10.0 Å². The van der Waals surface area contributed by atoms with Crippen LogP contribution in [-0.4, -0.2) is 29.6 Å². The number of carbonyl (C=O) groups is 3. The molecular weight excluding hydrogens is 555 g/mol. The monoisotopic (exact) mass is 578 g/mol. The number of hydrogen-bond acceptors (Lipinski definition) is 4. The lowest BCUT2D eigenvalue weighted by atomic mass is 9.64. The number of hydrogen-bond donors (Lipinski definition) is 1. The summed E-state index contributed by atoms with van der Waals surface area (Å²) in [6.07, 6.45) is 2.03. The number of amides is 1. The van der Waals surface area contributed by atoms with E-state index in [4.69, 9.17) is 23.2 Å². The summed E-state index contributed by atoms with van der Waals surface area (Å²) in [5.74, 6) is -2.00. The number of nitrogens with one attached hydrogen (secondary N) is 1. The number of para-hydroxylation sites is 2. The Hall–Kier alpha value is -4.19. The molecule has 1 N–H and O–H groups in total. The largest absolute Gasteiger partial charge is 0.352 e. The molecule has 3 heterocycles. The third-order valence-corrected chi connectivity index (χ3v) is 9.28. The van der Waals surface area contributed by atoms with Crippen LogP contribution in [0.1, 0.15) is 38.8 Å². The first-order valence-corrected chi connectivity index (χ1v) is 14.1. The maximum absolute atomic E-state index is 14.8. The fourth-order valence-electron chi connectivity index (χ4n) is 7.00. The van der Waals surface area contributed by atoms with Gasteiger partial charge in [-0.2, -0.15) is 0 Å². The van der Waals surface area contributed by atoms with E-state index >= 15 is 0 Å². The van der Waals surface area contributed by atoms with E-state index in [9.17, 15) is 14.4 Å². The minimum absolute atomic E-state index is 0.293. The minimum atomic E-state index is -1.39. The normalized spacial score (nSPS) is 23.9. The van der Waals surface area contributed by atoms with Crippen LogP contribution in [0.4, 0.5) is 11.4 Å². The summed E-state index contributed by atoms with van der Waals surface area (Å²) in [4.78, 5) is 45.9. The highest BCUT2D eigenvalue weighted by Crippen LogP contribution is 2.59. The van der Waals surface area contributed by atoms with Gasteiger partial charge >= 0.3 is 0 Å². The number of benzene rings is 4. The predicted octanol–water partition coefficient (Wildman–Crippen LogP) is 7.24. The summed E-state index contributed by atoms with van der Waals surface area (Å²) < 4.78 is 0. The van der Waals surface area contributed by atoms with Crippen molar-refractivity contribution in [1.29, 1.82) is 0 Å². The highest BCUT2D eigenvalue weighted by molar-refractivity contribution is 6.34. The zero-order valence-corrected chi connectivity index (χ0v) is 23.5. The van der Waals surface area contributed by atoms with Gasteiger partial charge in [-0.1, -0.05) is 77.8 Å². The van der Waals surface area contributed by atoms with Gasteiger partial charge in [0.05, 0.1) is 17.0 Å². The summed E-state index contributed by atoms with van der Waals surface area (Å²) in [5, 5.41) is 3.83. The highest BCUT2D eigenvalue weighted by Gasteiger charge is 2.70. The quantitative estimate of drug-likeness (QED) is 0.259. The van der Waals surface area contributed by atoms with E-state index in [0.29, 0.717) is 32.4 Å². The van der Waals surface area contributed by atoms with E-state index in [1.807, 2.05) is 66.4 Å². The molecule has 0 saturated carbocycles. The lowest BCUT2D eigenvalue weighted by Crippen LogP contribution is -2.51. The molecule has 41 heavy (non-hydrogen) atoms. The van der Waals surface area contributed by atoms with E-state index in [2.05, 4.69) is 5.32 Å². The summed E-state index contributed by atoms with van der Waals surface area (Å²) in [6.45, 7) is 2.00. The number of allylic oxidation sites excluding steroid dienone is 1. The lowest BCUT2D eigenvalue weighted by molar-refractivity contribution is -0.121. The number of nitrogens with zero attached hydrogens (tertiary/aromatic N) is 1. The van der Waals surface area contributed by atoms with Gasteiger partial charge in [-0.05, 0) is 66.6 Å². The molecule has 0 bridgehead atoms. The molecule has 0 unspecified atom stereocenters. The molecule has 0 aliphatic carbocycles. The standard InChI is InChI=1S/C34H24Cl2N2O3/c1-19-18-28-34(24-10-4-6-12-26(24)37-33(34)41)29(31(39)20-14-16-21(35)17-15-20)30(32(40)23-9-2-5-11-25(23)36)38(28)27-13-7-3-8-22(19)27/h2-18,28-30H,1H3,(H,37,41)/t28-,29+,30-,34+/m0/s1. The van der Waals surface area contributed by atoms with Crippen molar-refractivity contribution in [1.82, 2.24) is 0 Å². The molecule has 4 atom stereocenters. The molecule has 1 saturated heterocycles. The number of fused-ring (bicyclic) bond motifs is 6. The number of carbonyl (C=O) groups excluding carboxylic acids is 3. The van der Waals surface area contributed by atoms with Gasteiger partial charge in [0.25, 0.3) is 0 Å². The van der Waals surface area contributed by atoms with E-state index in [1.165, 1.54) is 0 Å². The molecule has 3 aliphatic rings. The molecule has 1 spiro atoms. The average molecular weight is 579 g/mol. The number of anilines is 2. The molecule has 202 valence electrons. The third-order valence-electron chi connectivity index (χ3n) is 8.70. The Morgan fingerprint density at radius 1 is 0.829 bits per heavy atom. The third kappa shape index (κ3) is 3.59. The van der Waals surface area contributed by atoms with Crippen LogP contribution < -0.4 is 10.2 Å². The summed E-state index contributed by atoms with van der Waals surface area (Å²) in [5.41, 5.74) is 3.35. The van der Waals surface area contributed by atoms with Crippen molar-refractivity contribution in [3.05, 3.63) is 135 Å². The topological polar surface area (TPSA) is 66.5 Å². The molecule has 5 nitrogen and oxygen atoms in total. The number of Topliss-reactive ketones (excluding diaryl/α,β-unsaturated/α-hetero) is 2. The number of ketones is 2. The Kier molecular flexibility index (Phi) is 5.93. The second kappa shape index (κ2) is 9.44. The Morgan fingerprint density at radius 2 is 1.51 bits per heavy atom. The predicted molar refractivity (Wildman–Crippen MR) is 162 cm³/mol. The van der Waals surface area contributed by atoms with Gasteiger partial charge in [-0.25, -0.2) is 0 Å². The Bertz CT molecular complexity index is 1800. The molecule has 7 rings (SSSR count). The molecule has 0 radical (unpaired) electrons. The first kappa shape index (κ1) is 25.8. The van der Waals surface area contributed by atoms with Gasteiger partial charge < -0.3 is 10.2 Å². The van der Waals surface area contributed by atoms with Crippen molar-refractivity contribution in [2.24, 2.45) is 5.92 Å². The second-order valence-corrected chi connectivity index (χ2v) is 11.6. The van der Waals surface area contributed by atoms with Crippen molar-refractivity contribution in [2.45, 2.75) is 24.4 Å². The van der Waals surface area contributed by atoms with Crippen molar-refractivity contribution >= 4 is 57.6 Å². The molecule has 4 aromatic rings. The summed E-state index contributed by atoms with van der Waals surface area (Å²) in [7, 11) is 0. The fraction of sp³-hybridized carbons (Fsp3) is 0.147. The molecule has 1 amide bonds. The molecular formula is C34H24Cl2N2O3. The Labute approximate surface area is 247 Å². The highest BCUT2D eigenvalue weighted by atomic mass is 35.5. The second-order valence-electron chi connectivity index (χ2n) is 10.7. The van der Waals surface area contributed by atoms with E-state index in [-0.39, 0.29) is 17.5 Å². The molecule has 1 fully saturated rings. The van der Waals surface area contributed by atoms with Gasteiger partial charge in [-0.15, -0.1) is 0 Å². The van der Waals surface area contributed by atoms with Crippen LogP contribution in [0.25, 0.3) is 5.57 Å². The first-order chi connectivity index (χ1) is 19.8. The van der Waals surface area contributed by atoms with Gasteiger partial charge in [0.1, 0.15) is 11.5 Å². The number of halogens is 2. The van der Waals surface area contributed by atoms with Crippen LogP contribution >= 0.6 is 23.2 Å². The zero-order valence-electron chi connectivity index (χ0n) is 22.0. The summed E-state index contributed by atoms with van der Waals surface area (Å²) >= 11 is 12.8. The van der Waals surface area contributed by atoms with Crippen molar-refractivity contribution in [3.63, 3.8) is 0 Å². The molecule has 7 heteroatoms. The van der Waals surface area contributed by atoms with Gasteiger partial charge in [0.15, 0.2) is 11.6 Å². The van der Waals surface area contributed by atoms with E-state index in [1.54, 1.807) is 48.5 Å². The molecule has 4 aromatic carbocycles. The average Bonchev–Trinajstić information content (AvgIpc) is 3.45. The van der Waals surface area contributed by atoms with Gasteiger partial charge in [-0.3, -0.25) is 14.4 Å². The van der Waals surface area contributed by atoms with Crippen molar-refractivity contribution < 1.29 is 14.4 Å². The van der Waals surface area contributed by atoms with Gasteiger partial charge in [0, 0.05) is 33.1 Å². The zero-order chi connectivity index (χ0) is 28.5. The SMILES string of the molecule is CC1=C[C@@H]2N(c3ccccc31)[C@H](C(=O)c1ccccc1Cl)[C@H](C(=O)c1ccc(Cl)cc1)[C@]21C(=O)Nc2ccccc21. The van der Waals surface area contributed by atoms with Crippen molar-refractivity contribution in [3.8, 4) is 0 Å². The van der Waals surface area contributed by atoms with Crippen LogP contribution in [0, 0.1) is 5.92 Å². The maximum atomic E-state index is 14.8. The minimum Gasteiger partial charge on any atom is -0.352 e. The Balaban J connectivity index is 1.57. The lowest BCUT2D eigenvalue weighted by Gasteiger charge is -2.39. The fourth-order valence-corrected chi connectivity index (χ4v) is 7.36. The van der Waals surface area contributed by atoms with Crippen LogP contribution in [0.3, 0.4) is 0 Å². The Morgan fingerprint density at radius 3 is 2.29 bits per heavy atom. The van der Waals surface area contributed by atoms with E-state index in [0.717, 1.165) is 16.8 Å². The maximum Gasteiger partial charge on any atom is 0.238 e. The number of rotatable bonds is 4. The van der Waals surface area contributed by atoms with Crippen LogP contribution in [-0.2, 0) is 10.2 Å². The van der Waals surface area contributed by atoms with Crippen LogP contribution in [0.5, 0.6) is 0 Å². The summed E-state index contributed by atoms with van der Waals surface area (Å²) in [6, 6.07) is 27.1. The van der Waals surface area contributed by atoms with E-state index < -0.39 is 23.4 Å². The van der Waals surface area contributed by atoms with Crippen LogP contribution in [0.15, 0.2) is 103 Å².